The average molecular weight is 266 g/mol. The standard InChI is InChI=1S/C13H18N2S2/c1-10(14)6-4-5-9-16-13-15-11-7-2-3-8-12(11)17-13/h2-3,7-8,10H,4-6,9,14H2,1H3. The SMILES string of the molecule is CC(N)CCCCSc1nc2ccccc2s1. The number of nitrogens with two attached hydrogens (primary N) is 1. The monoisotopic (exact) mass is 266 g/mol. The highest BCUT2D eigenvalue weighted by molar-refractivity contribution is 8.01. The van der Waals surface area contributed by atoms with E-state index in [0.29, 0.717) is 6.04 Å². The van der Waals surface area contributed by atoms with Gasteiger partial charge in [-0.15, -0.1) is 11.3 Å². The third-order valence-electron chi connectivity index (χ3n) is 2.55. The van der Waals surface area contributed by atoms with Gasteiger partial charge < -0.3 is 5.73 Å². The number of nitrogens with zero attached hydrogens (tertiary/aromatic N) is 1. The van der Waals surface area contributed by atoms with E-state index in [1.165, 1.54) is 21.9 Å². The molecule has 0 spiro atoms. The average Bonchev–Trinajstić information content (AvgIpc) is 2.70. The van der Waals surface area contributed by atoms with Gasteiger partial charge in [0.05, 0.1) is 10.2 Å². The minimum absolute atomic E-state index is 0.336. The van der Waals surface area contributed by atoms with Gasteiger partial charge in [0.15, 0.2) is 4.34 Å². The van der Waals surface area contributed by atoms with Crippen LogP contribution in [-0.4, -0.2) is 16.8 Å². The molecule has 0 amide bonds. The molecule has 17 heavy (non-hydrogen) atoms. The lowest BCUT2D eigenvalue weighted by Crippen LogP contribution is -2.13. The molecule has 4 heteroatoms. The minimum Gasteiger partial charge on any atom is -0.328 e. The normalized spacial score (nSPS) is 13.1. The zero-order valence-corrected chi connectivity index (χ0v) is 11.7. The van der Waals surface area contributed by atoms with Crippen LogP contribution in [0.1, 0.15) is 26.2 Å². The van der Waals surface area contributed by atoms with Crippen LogP contribution in [0.3, 0.4) is 0 Å². The van der Waals surface area contributed by atoms with Crippen molar-refractivity contribution in [2.24, 2.45) is 5.73 Å². The molecule has 1 atom stereocenters. The zero-order valence-electron chi connectivity index (χ0n) is 10.1. The summed E-state index contributed by atoms with van der Waals surface area (Å²) in [4.78, 5) is 4.60. The molecule has 1 unspecified atom stereocenters. The van der Waals surface area contributed by atoms with Gasteiger partial charge >= 0.3 is 0 Å². The van der Waals surface area contributed by atoms with Gasteiger partial charge in [-0.1, -0.05) is 30.3 Å². The summed E-state index contributed by atoms with van der Waals surface area (Å²) in [6.07, 6.45) is 3.57. The number of thioether (sulfide) groups is 1. The Bertz CT molecular complexity index is 432. The number of unbranched alkanes of at least 4 members (excludes halogenated alkanes) is 1. The van der Waals surface area contributed by atoms with E-state index in [2.05, 4.69) is 30.1 Å². The number of hydrogen-bond acceptors (Lipinski definition) is 4. The molecular weight excluding hydrogens is 248 g/mol. The summed E-state index contributed by atoms with van der Waals surface area (Å²) in [5.74, 6) is 1.15. The Hall–Kier alpha value is -0.580. The fourth-order valence-electron chi connectivity index (χ4n) is 1.64. The van der Waals surface area contributed by atoms with Crippen LogP contribution in [0.4, 0.5) is 0 Å². The lowest BCUT2D eigenvalue weighted by molar-refractivity contribution is 0.618. The van der Waals surface area contributed by atoms with Crippen LogP contribution in [0, 0.1) is 0 Å². The molecule has 2 nitrogen and oxygen atoms in total. The Morgan fingerprint density at radius 2 is 2.18 bits per heavy atom. The summed E-state index contributed by atoms with van der Waals surface area (Å²) < 4.78 is 2.47. The van der Waals surface area contributed by atoms with Crippen molar-refractivity contribution in [2.75, 3.05) is 5.75 Å². The maximum Gasteiger partial charge on any atom is 0.151 e. The summed E-state index contributed by atoms with van der Waals surface area (Å²) in [5.41, 5.74) is 6.84. The van der Waals surface area contributed by atoms with Crippen molar-refractivity contribution in [1.82, 2.24) is 4.98 Å². The molecule has 2 N–H and O–H groups in total. The van der Waals surface area contributed by atoms with Crippen molar-refractivity contribution < 1.29 is 0 Å². The van der Waals surface area contributed by atoms with Crippen molar-refractivity contribution in [1.29, 1.82) is 0 Å². The fourth-order valence-corrected chi connectivity index (χ4v) is 3.78. The molecule has 0 aliphatic rings. The predicted octanol–water partition coefficient (Wildman–Crippen LogP) is 3.91. The summed E-state index contributed by atoms with van der Waals surface area (Å²) >= 11 is 3.65. The van der Waals surface area contributed by atoms with E-state index in [0.717, 1.165) is 17.7 Å². The fraction of sp³-hybridized carbons (Fsp3) is 0.462. The predicted molar refractivity (Wildman–Crippen MR) is 77.8 cm³/mol. The van der Waals surface area contributed by atoms with Gasteiger partial charge in [0.1, 0.15) is 0 Å². The molecule has 1 aromatic heterocycles. The molecular formula is C13H18N2S2. The number of thiazole rings is 1. The third-order valence-corrected chi connectivity index (χ3v) is 4.82. The van der Waals surface area contributed by atoms with Crippen molar-refractivity contribution in [3.8, 4) is 0 Å². The maximum absolute atomic E-state index is 5.72. The Morgan fingerprint density at radius 3 is 2.94 bits per heavy atom. The summed E-state index contributed by atoms with van der Waals surface area (Å²) in [7, 11) is 0. The Balaban J connectivity index is 1.79. The highest BCUT2D eigenvalue weighted by Gasteiger charge is 2.03. The second kappa shape index (κ2) is 6.38. The van der Waals surface area contributed by atoms with Crippen LogP contribution in [0.15, 0.2) is 28.6 Å². The van der Waals surface area contributed by atoms with Gasteiger partial charge in [-0.25, -0.2) is 4.98 Å². The third kappa shape index (κ3) is 3.98. The second-order valence-corrected chi connectivity index (χ2v) is 6.64. The summed E-state index contributed by atoms with van der Waals surface area (Å²) in [5, 5.41) is 0. The molecule has 0 aliphatic heterocycles. The lowest BCUT2D eigenvalue weighted by atomic mass is 10.2. The Labute approximate surface area is 111 Å². The van der Waals surface area contributed by atoms with Crippen LogP contribution >= 0.6 is 23.1 Å². The smallest absolute Gasteiger partial charge is 0.151 e. The highest BCUT2D eigenvalue weighted by atomic mass is 32.2. The van der Waals surface area contributed by atoms with E-state index in [-0.39, 0.29) is 0 Å². The van der Waals surface area contributed by atoms with Crippen LogP contribution in [0.2, 0.25) is 0 Å². The number of rotatable bonds is 6. The minimum atomic E-state index is 0.336. The molecule has 0 fully saturated rings. The summed E-state index contributed by atoms with van der Waals surface area (Å²) in [6.45, 7) is 2.07. The maximum atomic E-state index is 5.72. The van der Waals surface area contributed by atoms with Crippen LogP contribution in [-0.2, 0) is 0 Å². The van der Waals surface area contributed by atoms with Crippen molar-refractivity contribution in [3.63, 3.8) is 0 Å². The van der Waals surface area contributed by atoms with Crippen molar-refractivity contribution >= 4 is 33.3 Å². The van der Waals surface area contributed by atoms with E-state index >= 15 is 0 Å². The Morgan fingerprint density at radius 1 is 1.35 bits per heavy atom. The molecule has 0 saturated heterocycles. The molecule has 1 aromatic carbocycles. The van der Waals surface area contributed by atoms with Gasteiger partial charge in [0.2, 0.25) is 0 Å². The van der Waals surface area contributed by atoms with E-state index < -0.39 is 0 Å². The van der Waals surface area contributed by atoms with E-state index in [1.807, 2.05) is 17.8 Å². The molecule has 92 valence electrons. The molecule has 0 radical (unpaired) electrons. The Kier molecular flexibility index (Phi) is 4.83. The first kappa shape index (κ1) is 12.9. The largest absolute Gasteiger partial charge is 0.328 e. The number of para-hydroxylation sites is 1. The number of benzene rings is 1. The quantitative estimate of drug-likeness (QED) is 0.636. The van der Waals surface area contributed by atoms with Crippen molar-refractivity contribution in [2.45, 2.75) is 36.6 Å². The molecule has 0 bridgehead atoms. The van der Waals surface area contributed by atoms with Crippen LogP contribution in [0.5, 0.6) is 0 Å². The molecule has 0 saturated carbocycles. The summed E-state index contributed by atoms with van der Waals surface area (Å²) in [6, 6.07) is 8.65. The van der Waals surface area contributed by atoms with Gasteiger partial charge in [-0.05, 0) is 31.9 Å². The van der Waals surface area contributed by atoms with Gasteiger partial charge in [-0.2, -0.15) is 0 Å². The molecule has 1 heterocycles. The van der Waals surface area contributed by atoms with E-state index in [9.17, 15) is 0 Å². The van der Waals surface area contributed by atoms with Gasteiger partial charge in [-0.3, -0.25) is 0 Å². The van der Waals surface area contributed by atoms with Gasteiger partial charge in [0.25, 0.3) is 0 Å². The van der Waals surface area contributed by atoms with E-state index in [4.69, 9.17) is 5.73 Å². The zero-order chi connectivity index (χ0) is 12.1. The molecule has 2 rings (SSSR count). The number of hydrogen-bond donors (Lipinski definition) is 1. The highest BCUT2D eigenvalue weighted by Crippen LogP contribution is 2.29. The molecule has 2 aromatic rings. The second-order valence-electron chi connectivity index (χ2n) is 4.27. The first-order chi connectivity index (χ1) is 8.25. The lowest BCUT2D eigenvalue weighted by Gasteiger charge is -2.02. The molecule has 0 aliphatic carbocycles. The van der Waals surface area contributed by atoms with Crippen molar-refractivity contribution in [3.05, 3.63) is 24.3 Å². The van der Waals surface area contributed by atoms with Crippen LogP contribution < -0.4 is 5.73 Å². The van der Waals surface area contributed by atoms with Gasteiger partial charge in [0, 0.05) is 11.8 Å². The van der Waals surface area contributed by atoms with E-state index in [1.54, 1.807) is 11.3 Å². The first-order valence-electron chi connectivity index (χ1n) is 5.99. The van der Waals surface area contributed by atoms with Crippen LogP contribution in [0.25, 0.3) is 10.2 Å². The number of fused-ring (bicyclic) bond motifs is 1. The first-order valence-corrected chi connectivity index (χ1v) is 7.80. The topological polar surface area (TPSA) is 38.9 Å². The number of aromatic nitrogens is 1.